The van der Waals surface area contributed by atoms with Gasteiger partial charge in [0.25, 0.3) is 0 Å². The van der Waals surface area contributed by atoms with Crippen molar-refractivity contribution < 1.29 is 5.11 Å². The molecule has 4 nitrogen and oxygen atoms in total. The fourth-order valence-corrected chi connectivity index (χ4v) is 2.28. The largest absolute Gasteiger partial charge is 0.516 e. The van der Waals surface area contributed by atoms with Crippen LogP contribution in [0.2, 0.25) is 0 Å². The van der Waals surface area contributed by atoms with E-state index in [0.717, 1.165) is 41.9 Å². The van der Waals surface area contributed by atoms with Crippen LogP contribution in [-0.2, 0) is 0 Å². The summed E-state index contributed by atoms with van der Waals surface area (Å²) in [6, 6.07) is 4.27. The number of allylic oxidation sites excluding steroid dienone is 2. The number of anilines is 1. The van der Waals surface area contributed by atoms with Crippen molar-refractivity contribution in [2.75, 3.05) is 12.4 Å². The molecule has 0 aromatic carbocycles. The Hall–Kier alpha value is -2.23. The maximum Gasteiger partial charge on any atom is 0.126 e. The smallest absolute Gasteiger partial charge is 0.126 e. The second-order valence-electron chi connectivity index (χ2n) is 5.36. The van der Waals surface area contributed by atoms with E-state index in [4.69, 9.17) is 5.11 Å². The van der Waals surface area contributed by atoms with E-state index in [-0.39, 0.29) is 6.04 Å². The van der Waals surface area contributed by atoms with Gasteiger partial charge in [-0.3, -0.25) is 0 Å². The lowest BCUT2D eigenvalue weighted by Gasteiger charge is -2.20. The number of hydrogen-bond acceptors (Lipinski definition) is 4. The zero-order valence-electron chi connectivity index (χ0n) is 12.9. The molecule has 0 amide bonds. The topological polar surface area (TPSA) is 57.2 Å². The minimum absolute atomic E-state index is 0.144. The highest BCUT2D eigenvalue weighted by molar-refractivity contribution is 5.45. The van der Waals surface area contributed by atoms with Crippen molar-refractivity contribution >= 4 is 5.82 Å². The number of nitrogens with zero attached hydrogens (tertiary/aromatic N) is 1. The molecule has 1 saturated carbocycles. The molecule has 1 heterocycles. The van der Waals surface area contributed by atoms with E-state index in [9.17, 15) is 0 Å². The second kappa shape index (κ2) is 6.48. The van der Waals surface area contributed by atoms with E-state index in [1.54, 1.807) is 6.08 Å². The summed E-state index contributed by atoms with van der Waals surface area (Å²) in [7, 11) is 1.87. The maximum atomic E-state index is 8.94. The molecule has 3 N–H and O–H groups in total. The van der Waals surface area contributed by atoms with Crippen LogP contribution in [0.15, 0.2) is 47.9 Å². The van der Waals surface area contributed by atoms with E-state index in [1.807, 2.05) is 20.0 Å². The molecule has 0 bridgehead atoms. The highest BCUT2D eigenvalue weighted by Gasteiger charge is 2.20. The molecule has 1 aromatic heterocycles. The van der Waals surface area contributed by atoms with E-state index in [1.165, 1.54) is 11.1 Å². The number of rotatable bonds is 6. The predicted molar refractivity (Wildman–Crippen MR) is 87.2 cm³/mol. The molecule has 0 saturated heterocycles. The van der Waals surface area contributed by atoms with Crippen molar-refractivity contribution in [1.82, 2.24) is 10.3 Å². The number of pyridine rings is 1. The van der Waals surface area contributed by atoms with Gasteiger partial charge in [0.1, 0.15) is 5.82 Å². The molecule has 0 aliphatic heterocycles. The van der Waals surface area contributed by atoms with Gasteiger partial charge in [0.2, 0.25) is 0 Å². The Bertz CT molecular complexity index is 596. The first-order valence-corrected chi connectivity index (χ1v) is 7.20. The Morgan fingerprint density at radius 3 is 2.71 bits per heavy atom. The third-order valence-electron chi connectivity index (χ3n) is 3.54. The Labute approximate surface area is 126 Å². The predicted octanol–water partition coefficient (Wildman–Crippen LogP) is 3.76. The van der Waals surface area contributed by atoms with Gasteiger partial charge in [-0.2, -0.15) is 0 Å². The molecule has 1 atom stereocenters. The van der Waals surface area contributed by atoms with Crippen LogP contribution in [0.4, 0.5) is 5.82 Å². The van der Waals surface area contributed by atoms with Crippen LogP contribution in [0.25, 0.3) is 0 Å². The molecule has 1 fully saturated rings. The summed E-state index contributed by atoms with van der Waals surface area (Å²) in [5.74, 6) is 0.869. The van der Waals surface area contributed by atoms with Gasteiger partial charge in [-0.15, -0.1) is 0 Å². The van der Waals surface area contributed by atoms with Gasteiger partial charge in [0.05, 0.1) is 6.26 Å². The van der Waals surface area contributed by atoms with E-state index >= 15 is 0 Å². The maximum absolute atomic E-state index is 8.94. The van der Waals surface area contributed by atoms with Crippen molar-refractivity contribution in [3.05, 3.63) is 59.2 Å². The van der Waals surface area contributed by atoms with Gasteiger partial charge >= 0.3 is 0 Å². The number of aromatic nitrogens is 1. The number of aliphatic hydroxyl groups is 1. The number of aryl methyl sites for hydroxylation is 1. The molecule has 21 heavy (non-hydrogen) atoms. The summed E-state index contributed by atoms with van der Waals surface area (Å²) in [5.41, 5.74) is 5.39. The fourth-order valence-electron chi connectivity index (χ4n) is 2.28. The first-order valence-electron chi connectivity index (χ1n) is 7.20. The number of aliphatic hydroxyl groups excluding tert-OH is 1. The van der Waals surface area contributed by atoms with Crippen LogP contribution >= 0.6 is 0 Å². The monoisotopic (exact) mass is 285 g/mol. The lowest BCUT2D eigenvalue weighted by molar-refractivity contribution is 0.473. The van der Waals surface area contributed by atoms with Gasteiger partial charge in [-0.05, 0) is 61.6 Å². The van der Waals surface area contributed by atoms with Crippen LogP contribution in [0, 0.1) is 6.92 Å². The summed E-state index contributed by atoms with van der Waals surface area (Å²) >= 11 is 0. The second-order valence-corrected chi connectivity index (χ2v) is 5.36. The highest BCUT2D eigenvalue weighted by Crippen LogP contribution is 2.34. The summed E-state index contributed by atoms with van der Waals surface area (Å²) < 4.78 is 0. The molecule has 0 spiro atoms. The van der Waals surface area contributed by atoms with Crippen LogP contribution in [0.3, 0.4) is 0 Å². The first kappa shape index (κ1) is 15.2. The summed E-state index contributed by atoms with van der Waals surface area (Å²) in [6.45, 7) is 8.12. The van der Waals surface area contributed by atoms with Crippen molar-refractivity contribution in [3.63, 3.8) is 0 Å². The van der Waals surface area contributed by atoms with E-state index < -0.39 is 0 Å². The fraction of sp³-hybridized carbons (Fsp3) is 0.353. The third-order valence-corrected chi connectivity index (χ3v) is 3.54. The van der Waals surface area contributed by atoms with Crippen molar-refractivity contribution in [2.24, 2.45) is 0 Å². The van der Waals surface area contributed by atoms with E-state index in [0.29, 0.717) is 0 Å². The lowest BCUT2D eigenvalue weighted by atomic mass is 10.1. The Balaban J connectivity index is 2.20. The SMILES string of the molecule is C=C(/C=C/O)C(NC(C)c1cc(C)nc(NC)c1)=C1CC1. The van der Waals surface area contributed by atoms with E-state index in [2.05, 4.69) is 35.2 Å². The van der Waals surface area contributed by atoms with Crippen LogP contribution < -0.4 is 10.6 Å². The molecular formula is C17H23N3O. The Kier molecular flexibility index (Phi) is 4.68. The quantitative estimate of drug-likeness (QED) is 0.550. The Morgan fingerprint density at radius 2 is 2.14 bits per heavy atom. The van der Waals surface area contributed by atoms with Crippen molar-refractivity contribution in [3.8, 4) is 0 Å². The average Bonchev–Trinajstić information content (AvgIpc) is 3.28. The minimum Gasteiger partial charge on any atom is -0.516 e. The summed E-state index contributed by atoms with van der Waals surface area (Å²) in [4.78, 5) is 4.41. The molecule has 1 aliphatic rings. The van der Waals surface area contributed by atoms with Crippen LogP contribution in [0.5, 0.6) is 0 Å². The molecule has 1 aliphatic carbocycles. The zero-order chi connectivity index (χ0) is 15.4. The molecule has 1 aromatic rings. The Morgan fingerprint density at radius 1 is 1.43 bits per heavy atom. The molecule has 112 valence electrons. The lowest BCUT2D eigenvalue weighted by Crippen LogP contribution is -2.19. The number of nitrogens with one attached hydrogen (secondary N) is 2. The molecule has 2 rings (SSSR count). The van der Waals surface area contributed by atoms with Gasteiger partial charge < -0.3 is 15.7 Å². The van der Waals surface area contributed by atoms with Gasteiger partial charge in [0, 0.05) is 24.5 Å². The van der Waals surface area contributed by atoms with Gasteiger partial charge in [-0.25, -0.2) is 4.98 Å². The third kappa shape index (κ3) is 3.88. The highest BCUT2D eigenvalue weighted by atomic mass is 16.2. The van der Waals surface area contributed by atoms with Crippen molar-refractivity contribution in [2.45, 2.75) is 32.7 Å². The molecule has 0 radical (unpaired) electrons. The van der Waals surface area contributed by atoms with Crippen LogP contribution in [-0.4, -0.2) is 17.1 Å². The van der Waals surface area contributed by atoms with Crippen molar-refractivity contribution in [1.29, 1.82) is 0 Å². The minimum atomic E-state index is 0.144. The normalized spacial score (nSPS) is 14.9. The van der Waals surface area contributed by atoms with Crippen LogP contribution in [0.1, 0.15) is 37.1 Å². The first-order chi connectivity index (χ1) is 10.0. The van der Waals surface area contributed by atoms with Gasteiger partial charge in [-0.1, -0.05) is 6.58 Å². The standard InChI is InChI=1S/C17H23N3O/c1-11(7-8-21)17(14-5-6-14)20-13(3)15-9-12(2)19-16(10-15)18-4/h7-10,13,20-21H,1,5-6H2,2-4H3,(H,18,19)/b8-7+. The van der Waals surface area contributed by atoms with Gasteiger partial charge in [0.15, 0.2) is 0 Å². The zero-order valence-corrected chi connectivity index (χ0v) is 12.9. The average molecular weight is 285 g/mol. The number of hydrogen-bond donors (Lipinski definition) is 3. The molecular weight excluding hydrogens is 262 g/mol. The summed E-state index contributed by atoms with van der Waals surface area (Å²) in [6.07, 6.45) is 4.86. The molecule has 4 heteroatoms. The molecule has 1 unspecified atom stereocenters. The summed E-state index contributed by atoms with van der Waals surface area (Å²) in [5, 5.41) is 15.5.